The lowest BCUT2D eigenvalue weighted by Crippen LogP contribution is -2.46. The highest BCUT2D eigenvalue weighted by molar-refractivity contribution is 5.78. The Balaban J connectivity index is 2.35. The second-order valence-corrected chi connectivity index (χ2v) is 3.99. The summed E-state index contributed by atoms with van der Waals surface area (Å²) in [6.07, 6.45) is 2.17. The molecule has 0 aromatic heterocycles. The van der Waals surface area contributed by atoms with Crippen molar-refractivity contribution in [3.63, 3.8) is 0 Å². The topological polar surface area (TPSA) is 71.7 Å². The van der Waals surface area contributed by atoms with E-state index in [0.29, 0.717) is 11.4 Å². The molecule has 0 aromatic rings. The zero-order valence-electron chi connectivity index (χ0n) is 8.97. The van der Waals surface area contributed by atoms with Crippen LogP contribution in [0, 0.1) is 5.41 Å². The van der Waals surface area contributed by atoms with Gasteiger partial charge in [-0.3, -0.25) is 10.4 Å². The van der Waals surface area contributed by atoms with Crippen LogP contribution in [0.4, 0.5) is 0 Å². The van der Waals surface area contributed by atoms with E-state index in [4.69, 9.17) is 10.6 Å². The van der Waals surface area contributed by atoms with Crippen molar-refractivity contribution in [2.75, 3.05) is 26.8 Å². The van der Waals surface area contributed by atoms with Crippen molar-refractivity contribution in [2.24, 2.45) is 16.3 Å². The fraction of sp³-hybridized carbons (Fsp3) is 0.889. The average molecular weight is 200 g/mol. The number of hydrogen-bond acceptors (Lipinski definition) is 3. The zero-order valence-corrected chi connectivity index (χ0v) is 8.97. The summed E-state index contributed by atoms with van der Waals surface area (Å²) < 4.78 is 5.33. The first kappa shape index (κ1) is 11.3. The minimum absolute atomic E-state index is 0.297. The molecule has 1 heterocycles. The molecule has 0 aliphatic carbocycles. The number of rotatable bonds is 2. The minimum atomic E-state index is 0.297. The number of ether oxygens (including phenoxy) is 1. The maximum absolute atomic E-state index is 5.33. The number of nitrogens with one attached hydrogen (secondary N) is 2. The molecule has 14 heavy (non-hydrogen) atoms. The van der Waals surface area contributed by atoms with Crippen molar-refractivity contribution in [3.8, 4) is 0 Å². The maximum Gasteiger partial charge on any atom is 0.205 e. The maximum atomic E-state index is 5.33. The van der Waals surface area contributed by atoms with E-state index < -0.39 is 0 Å². The molecular weight excluding hydrogens is 180 g/mol. The molecule has 0 amide bonds. The Labute approximate surface area is 85.1 Å². The first-order valence-electron chi connectivity index (χ1n) is 4.95. The van der Waals surface area contributed by atoms with Gasteiger partial charge in [-0.05, 0) is 18.3 Å². The molecule has 1 aliphatic rings. The van der Waals surface area contributed by atoms with Crippen molar-refractivity contribution >= 4 is 5.96 Å². The molecule has 1 rings (SSSR count). The lowest BCUT2D eigenvalue weighted by molar-refractivity contribution is 0.0260. The highest BCUT2D eigenvalue weighted by Crippen LogP contribution is 2.28. The Morgan fingerprint density at radius 2 is 2.14 bits per heavy atom. The van der Waals surface area contributed by atoms with E-state index in [-0.39, 0.29) is 0 Å². The molecule has 0 radical (unpaired) electrons. The van der Waals surface area contributed by atoms with E-state index in [0.717, 1.165) is 32.6 Å². The summed E-state index contributed by atoms with van der Waals surface area (Å²) in [4.78, 5) is 3.96. The van der Waals surface area contributed by atoms with Gasteiger partial charge < -0.3 is 10.1 Å². The first-order chi connectivity index (χ1) is 6.70. The van der Waals surface area contributed by atoms with E-state index in [9.17, 15) is 0 Å². The Kier molecular flexibility index (Phi) is 4.16. The van der Waals surface area contributed by atoms with Gasteiger partial charge in [0.25, 0.3) is 0 Å². The Hall–Kier alpha value is -0.810. The second kappa shape index (κ2) is 5.17. The van der Waals surface area contributed by atoms with Gasteiger partial charge in [-0.1, -0.05) is 6.92 Å². The second-order valence-electron chi connectivity index (χ2n) is 3.99. The number of guanidine groups is 1. The normalized spacial score (nSPS) is 21.8. The number of hydrazine groups is 1. The van der Waals surface area contributed by atoms with Crippen LogP contribution in [0.2, 0.25) is 0 Å². The third kappa shape index (κ3) is 3.16. The zero-order chi connectivity index (χ0) is 10.4. The third-order valence-corrected chi connectivity index (χ3v) is 2.74. The highest BCUT2D eigenvalue weighted by atomic mass is 16.5. The van der Waals surface area contributed by atoms with Gasteiger partial charge in [0.15, 0.2) is 0 Å². The van der Waals surface area contributed by atoms with Gasteiger partial charge in [0.1, 0.15) is 0 Å². The number of aliphatic imine (C=N–C) groups is 1. The summed E-state index contributed by atoms with van der Waals surface area (Å²) in [5.74, 6) is 5.91. The molecule has 0 spiro atoms. The SMILES string of the molecule is CN=C(NN)NCC1(C)CCOCC1. The van der Waals surface area contributed by atoms with Gasteiger partial charge in [0, 0.05) is 26.8 Å². The highest BCUT2D eigenvalue weighted by Gasteiger charge is 2.27. The van der Waals surface area contributed by atoms with Gasteiger partial charge >= 0.3 is 0 Å². The molecule has 1 saturated heterocycles. The van der Waals surface area contributed by atoms with Gasteiger partial charge in [0.05, 0.1) is 0 Å². The molecule has 5 nitrogen and oxygen atoms in total. The largest absolute Gasteiger partial charge is 0.381 e. The van der Waals surface area contributed by atoms with Crippen LogP contribution in [-0.2, 0) is 4.74 Å². The van der Waals surface area contributed by atoms with Crippen molar-refractivity contribution in [1.82, 2.24) is 10.7 Å². The quantitative estimate of drug-likeness (QED) is 0.251. The predicted octanol–water partition coefficient (Wildman–Crippen LogP) is -0.158. The molecule has 4 N–H and O–H groups in total. The molecule has 82 valence electrons. The summed E-state index contributed by atoms with van der Waals surface area (Å²) in [5, 5.41) is 3.19. The smallest absolute Gasteiger partial charge is 0.205 e. The van der Waals surface area contributed by atoms with Crippen LogP contribution >= 0.6 is 0 Å². The lowest BCUT2D eigenvalue weighted by Gasteiger charge is -2.33. The van der Waals surface area contributed by atoms with Crippen LogP contribution in [0.15, 0.2) is 4.99 Å². The lowest BCUT2D eigenvalue weighted by atomic mass is 9.82. The molecule has 0 atom stereocenters. The summed E-state index contributed by atoms with van der Waals surface area (Å²) in [6.45, 7) is 4.85. The molecule has 5 heteroatoms. The summed E-state index contributed by atoms with van der Waals surface area (Å²) in [6, 6.07) is 0. The van der Waals surface area contributed by atoms with Crippen molar-refractivity contribution in [3.05, 3.63) is 0 Å². The van der Waals surface area contributed by atoms with Crippen LogP contribution < -0.4 is 16.6 Å². The average Bonchev–Trinajstić information content (AvgIpc) is 2.20. The van der Waals surface area contributed by atoms with Crippen LogP contribution in [-0.4, -0.2) is 32.8 Å². The molecule has 0 unspecified atom stereocenters. The van der Waals surface area contributed by atoms with Crippen molar-refractivity contribution in [1.29, 1.82) is 0 Å². The van der Waals surface area contributed by atoms with Crippen LogP contribution in [0.5, 0.6) is 0 Å². The molecule has 0 bridgehead atoms. The van der Waals surface area contributed by atoms with Crippen molar-refractivity contribution < 1.29 is 4.74 Å². The van der Waals surface area contributed by atoms with E-state index in [1.54, 1.807) is 7.05 Å². The van der Waals surface area contributed by atoms with Gasteiger partial charge in [-0.2, -0.15) is 0 Å². The number of nitrogens with two attached hydrogens (primary N) is 1. The standard InChI is InChI=1S/C9H20N4O/c1-9(3-5-14-6-4-9)7-12-8(11-2)13-10/h3-7,10H2,1-2H3,(H2,11,12,13). The molecule has 1 aliphatic heterocycles. The van der Waals surface area contributed by atoms with Gasteiger partial charge in [-0.25, -0.2) is 5.84 Å². The minimum Gasteiger partial charge on any atom is -0.381 e. The van der Waals surface area contributed by atoms with Crippen LogP contribution in [0.3, 0.4) is 0 Å². The number of nitrogens with zero attached hydrogens (tertiary/aromatic N) is 1. The molecule has 0 aromatic carbocycles. The summed E-state index contributed by atoms with van der Waals surface area (Å²) in [7, 11) is 1.70. The first-order valence-corrected chi connectivity index (χ1v) is 4.95. The van der Waals surface area contributed by atoms with E-state index in [1.807, 2.05) is 0 Å². The Morgan fingerprint density at radius 1 is 1.50 bits per heavy atom. The fourth-order valence-electron chi connectivity index (χ4n) is 1.53. The predicted molar refractivity (Wildman–Crippen MR) is 56.8 cm³/mol. The van der Waals surface area contributed by atoms with Crippen molar-refractivity contribution in [2.45, 2.75) is 19.8 Å². The van der Waals surface area contributed by atoms with E-state index in [2.05, 4.69) is 22.7 Å². The van der Waals surface area contributed by atoms with Gasteiger partial charge in [-0.15, -0.1) is 0 Å². The van der Waals surface area contributed by atoms with E-state index in [1.165, 1.54) is 0 Å². The molecular formula is C9H20N4O. The third-order valence-electron chi connectivity index (χ3n) is 2.74. The van der Waals surface area contributed by atoms with Gasteiger partial charge in [0.2, 0.25) is 5.96 Å². The van der Waals surface area contributed by atoms with Crippen LogP contribution in [0.25, 0.3) is 0 Å². The fourth-order valence-corrected chi connectivity index (χ4v) is 1.53. The monoisotopic (exact) mass is 200 g/mol. The number of hydrogen-bond donors (Lipinski definition) is 3. The summed E-state index contributed by atoms with van der Waals surface area (Å²) in [5.41, 5.74) is 2.81. The Bertz CT molecular complexity index is 199. The molecule has 0 saturated carbocycles. The Morgan fingerprint density at radius 3 is 2.64 bits per heavy atom. The summed E-state index contributed by atoms with van der Waals surface area (Å²) >= 11 is 0. The van der Waals surface area contributed by atoms with Crippen LogP contribution in [0.1, 0.15) is 19.8 Å². The van der Waals surface area contributed by atoms with E-state index >= 15 is 0 Å². The molecule has 1 fully saturated rings.